The van der Waals surface area contributed by atoms with Gasteiger partial charge >= 0.3 is 6.03 Å². The molecule has 3 unspecified atom stereocenters. The summed E-state index contributed by atoms with van der Waals surface area (Å²) in [6.45, 7) is 4.14. The Morgan fingerprint density at radius 3 is 2.78 bits per heavy atom. The highest BCUT2D eigenvalue weighted by atomic mass is 16.3. The molecule has 2 rings (SSSR count). The Morgan fingerprint density at radius 1 is 1.33 bits per heavy atom. The zero-order valence-electron chi connectivity index (χ0n) is 10.7. The lowest BCUT2D eigenvalue weighted by Crippen LogP contribution is -2.44. The number of hydrogen-bond acceptors (Lipinski definition) is 4. The predicted molar refractivity (Wildman–Crippen MR) is 65.9 cm³/mol. The van der Waals surface area contributed by atoms with Crippen LogP contribution in [0.15, 0.2) is 0 Å². The number of nitrogens with zero attached hydrogens (tertiary/aromatic N) is 1. The molecule has 6 nitrogen and oxygen atoms in total. The van der Waals surface area contributed by atoms with Crippen LogP contribution in [-0.4, -0.2) is 54.2 Å². The van der Waals surface area contributed by atoms with Crippen molar-refractivity contribution in [1.82, 2.24) is 15.5 Å². The maximum atomic E-state index is 11.6. The van der Waals surface area contributed by atoms with Crippen molar-refractivity contribution < 1.29 is 14.7 Å². The molecule has 1 saturated carbocycles. The van der Waals surface area contributed by atoms with E-state index in [4.69, 9.17) is 0 Å². The molecule has 1 heterocycles. The van der Waals surface area contributed by atoms with Crippen molar-refractivity contribution in [2.75, 3.05) is 26.2 Å². The van der Waals surface area contributed by atoms with Gasteiger partial charge in [0.1, 0.15) is 0 Å². The van der Waals surface area contributed by atoms with Crippen LogP contribution in [0.4, 0.5) is 4.79 Å². The van der Waals surface area contributed by atoms with Gasteiger partial charge in [0.25, 0.3) is 0 Å². The first-order valence-electron chi connectivity index (χ1n) is 6.58. The third-order valence-corrected chi connectivity index (χ3v) is 3.85. The minimum absolute atomic E-state index is 0.216. The fourth-order valence-corrected chi connectivity index (χ4v) is 3.03. The summed E-state index contributed by atoms with van der Waals surface area (Å²) in [5, 5.41) is 14.6. The fourth-order valence-electron chi connectivity index (χ4n) is 3.03. The van der Waals surface area contributed by atoms with Crippen LogP contribution < -0.4 is 10.6 Å². The van der Waals surface area contributed by atoms with Crippen LogP contribution in [0.1, 0.15) is 19.8 Å². The van der Waals surface area contributed by atoms with E-state index in [1.807, 2.05) is 4.90 Å². The molecular formula is C12H21N3O3. The van der Waals surface area contributed by atoms with Crippen molar-refractivity contribution in [3.8, 4) is 0 Å². The van der Waals surface area contributed by atoms with E-state index >= 15 is 0 Å². The summed E-state index contributed by atoms with van der Waals surface area (Å²) in [5.74, 6) is 0.537. The number of nitrogens with one attached hydrogen (secondary N) is 2. The lowest BCUT2D eigenvalue weighted by Gasteiger charge is -2.17. The summed E-state index contributed by atoms with van der Waals surface area (Å²) in [4.78, 5) is 24.8. The molecule has 3 N–H and O–H groups in total. The van der Waals surface area contributed by atoms with Gasteiger partial charge in [-0.1, -0.05) is 0 Å². The average Bonchev–Trinajstić information content (AvgIpc) is 2.81. The van der Waals surface area contributed by atoms with Crippen molar-refractivity contribution in [2.45, 2.75) is 25.9 Å². The molecule has 2 fully saturated rings. The van der Waals surface area contributed by atoms with Gasteiger partial charge in [0, 0.05) is 25.6 Å². The molecule has 1 saturated heterocycles. The minimum atomic E-state index is -0.443. The van der Waals surface area contributed by atoms with Gasteiger partial charge in [-0.05, 0) is 25.7 Å². The molecule has 1 aliphatic heterocycles. The van der Waals surface area contributed by atoms with Crippen molar-refractivity contribution in [3.05, 3.63) is 0 Å². The van der Waals surface area contributed by atoms with Crippen LogP contribution in [0.25, 0.3) is 0 Å². The number of aliphatic hydroxyl groups is 1. The van der Waals surface area contributed by atoms with Gasteiger partial charge in [-0.15, -0.1) is 0 Å². The Labute approximate surface area is 107 Å². The lowest BCUT2D eigenvalue weighted by atomic mass is 10.00. The number of hydrogen-bond donors (Lipinski definition) is 3. The molecule has 18 heavy (non-hydrogen) atoms. The molecule has 0 radical (unpaired) electrons. The number of carbonyl (C=O) groups is 2. The number of urea groups is 1. The number of fused-ring (bicyclic) bond motifs is 1. The highest BCUT2D eigenvalue weighted by Gasteiger charge is 2.42. The first-order valence-corrected chi connectivity index (χ1v) is 6.58. The maximum absolute atomic E-state index is 11.6. The van der Waals surface area contributed by atoms with Crippen molar-refractivity contribution in [1.29, 1.82) is 0 Å². The van der Waals surface area contributed by atoms with Gasteiger partial charge in [-0.2, -0.15) is 0 Å². The third kappa shape index (κ3) is 3.00. The van der Waals surface area contributed by atoms with Crippen LogP contribution >= 0.6 is 0 Å². The summed E-state index contributed by atoms with van der Waals surface area (Å²) in [6.07, 6.45) is 1.71. The summed E-state index contributed by atoms with van der Waals surface area (Å²) < 4.78 is 0. The normalized spacial score (nSPS) is 31.1. The zero-order chi connectivity index (χ0) is 13.1. The third-order valence-electron chi connectivity index (χ3n) is 3.85. The summed E-state index contributed by atoms with van der Waals surface area (Å²) in [6, 6.07) is -0.443. The molecule has 0 spiro atoms. The Kier molecular flexibility index (Phi) is 4.19. The first kappa shape index (κ1) is 13.3. The summed E-state index contributed by atoms with van der Waals surface area (Å²) in [7, 11) is 0. The first-order chi connectivity index (χ1) is 8.60. The van der Waals surface area contributed by atoms with Crippen LogP contribution in [-0.2, 0) is 4.79 Å². The topological polar surface area (TPSA) is 81.7 Å². The molecule has 0 aromatic carbocycles. The Hall–Kier alpha value is -1.14. The fraction of sp³-hybridized carbons (Fsp3) is 0.833. The second-order valence-electron chi connectivity index (χ2n) is 5.17. The largest absolute Gasteiger partial charge is 0.393 e. The van der Waals surface area contributed by atoms with E-state index in [2.05, 4.69) is 10.6 Å². The number of imide groups is 1. The highest BCUT2D eigenvalue weighted by Crippen LogP contribution is 2.37. The molecule has 2 aliphatic rings. The molecule has 0 aromatic rings. The van der Waals surface area contributed by atoms with Gasteiger partial charge in [-0.25, -0.2) is 4.79 Å². The second-order valence-corrected chi connectivity index (χ2v) is 5.17. The van der Waals surface area contributed by atoms with E-state index in [-0.39, 0.29) is 18.6 Å². The Morgan fingerprint density at radius 2 is 2.11 bits per heavy atom. The van der Waals surface area contributed by atoms with Crippen LogP contribution in [0.3, 0.4) is 0 Å². The van der Waals surface area contributed by atoms with Crippen molar-refractivity contribution >= 4 is 11.9 Å². The van der Waals surface area contributed by atoms with Crippen molar-refractivity contribution in [3.63, 3.8) is 0 Å². The summed E-state index contributed by atoms with van der Waals surface area (Å²) >= 11 is 0. The Bertz CT molecular complexity index is 335. The van der Waals surface area contributed by atoms with Gasteiger partial charge < -0.3 is 10.4 Å². The average molecular weight is 255 g/mol. The minimum Gasteiger partial charge on any atom is -0.393 e. The van der Waals surface area contributed by atoms with Gasteiger partial charge in [0.15, 0.2) is 0 Å². The van der Waals surface area contributed by atoms with Crippen LogP contribution in [0.2, 0.25) is 0 Å². The SMILES string of the molecule is CCNC(=O)NC(=O)CN1CC2CCC(O)C2C1. The molecule has 0 bridgehead atoms. The lowest BCUT2D eigenvalue weighted by molar-refractivity contribution is -0.121. The highest BCUT2D eigenvalue weighted by molar-refractivity contribution is 5.95. The van der Waals surface area contributed by atoms with E-state index in [9.17, 15) is 14.7 Å². The van der Waals surface area contributed by atoms with Crippen molar-refractivity contribution in [2.24, 2.45) is 11.8 Å². The molecule has 1 aliphatic carbocycles. The monoisotopic (exact) mass is 255 g/mol. The smallest absolute Gasteiger partial charge is 0.321 e. The second kappa shape index (κ2) is 5.67. The number of likely N-dealkylation sites (tertiary alicyclic amines) is 1. The van der Waals surface area contributed by atoms with Crippen LogP contribution in [0.5, 0.6) is 0 Å². The van der Waals surface area contributed by atoms with E-state index in [1.165, 1.54) is 0 Å². The number of amides is 3. The number of rotatable bonds is 3. The molecule has 3 atom stereocenters. The van der Waals surface area contributed by atoms with Gasteiger partial charge in [0.05, 0.1) is 12.6 Å². The predicted octanol–water partition coefficient (Wildman–Crippen LogP) is -0.465. The quantitative estimate of drug-likeness (QED) is 0.637. The maximum Gasteiger partial charge on any atom is 0.321 e. The molecule has 3 amide bonds. The molecular weight excluding hydrogens is 234 g/mol. The summed E-state index contributed by atoms with van der Waals surface area (Å²) in [5.41, 5.74) is 0. The number of carbonyl (C=O) groups excluding carboxylic acids is 2. The van der Waals surface area contributed by atoms with Gasteiger partial charge in [0.2, 0.25) is 5.91 Å². The van der Waals surface area contributed by atoms with E-state index in [0.717, 1.165) is 25.9 Å². The van der Waals surface area contributed by atoms with E-state index in [0.29, 0.717) is 18.4 Å². The molecule has 6 heteroatoms. The van der Waals surface area contributed by atoms with E-state index in [1.54, 1.807) is 6.92 Å². The van der Waals surface area contributed by atoms with E-state index < -0.39 is 6.03 Å². The van der Waals surface area contributed by atoms with Crippen LogP contribution in [0, 0.1) is 11.8 Å². The molecule has 0 aromatic heterocycles. The Balaban J connectivity index is 1.74. The number of aliphatic hydroxyl groups excluding tert-OH is 1. The standard InChI is InChI=1S/C12H21N3O3/c1-2-13-12(18)14-11(17)7-15-5-8-3-4-10(16)9(8)6-15/h8-10,16H,2-7H2,1H3,(H2,13,14,17,18). The van der Waals surface area contributed by atoms with Gasteiger partial charge in [-0.3, -0.25) is 15.0 Å². The molecule has 102 valence electrons. The zero-order valence-corrected chi connectivity index (χ0v) is 10.7.